The van der Waals surface area contributed by atoms with E-state index in [2.05, 4.69) is 11.2 Å². The van der Waals surface area contributed by atoms with Crippen LogP contribution in [0.5, 0.6) is 0 Å². The lowest BCUT2D eigenvalue weighted by atomic mass is 10.1. The lowest BCUT2D eigenvalue weighted by molar-refractivity contribution is -0.0150. The summed E-state index contributed by atoms with van der Waals surface area (Å²) in [6, 6.07) is -0.270. The second-order valence-corrected chi connectivity index (χ2v) is 9.40. The van der Waals surface area contributed by atoms with E-state index < -0.39 is 22.8 Å². The van der Waals surface area contributed by atoms with E-state index in [0.717, 1.165) is 0 Å². The SMILES string of the molecule is C#CC(C)(C)NCC1CN(C(=O)OC(C)(C)C)CCN1C(=O)OC(C)(C)C. The summed E-state index contributed by atoms with van der Waals surface area (Å²) in [4.78, 5) is 28.3. The Balaban J connectivity index is 2.90. The first-order chi connectivity index (χ1) is 12.1. The standard InChI is InChI=1S/C20H35N3O4/c1-10-20(8,9)21-13-15-14-22(16(24)26-18(2,3)4)11-12-23(15)17(25)27-19(5,6)7/h1,15,21H,11-14H2,2-9H3. The molecule has 0 aliphatic carbocycles. The normalized spacial score (nSPS) is 18.7. The van der Waals surface area contributed by atoms with Crippen LogP contribution in [0.3, 0.4) is 0 Å². The van der Waals surface area contributed by atoms with Crippen LogP contribution in [0.4, 0.5) is 9.59 Å². The zero-order valence-corrected chi connectivity index (χ0v) is 18.0. The monoisotopic (exact) mass is 381 g/mol. The molecule has 2 amide bonds. The molecule has 0 saturated carbocycles. The maximum absolute atomic E-state index is 12.6. The molecule has 27 heavy (non-hydrogen) atoms. The Morgan fingerprint density at radius 2 is 1.52 bits per heavy atom. The van der Waals surface area contributed by atoms with Gasteiger partial charge in [-0.3, -0.25) is 5.32 Å². The van der Waals surface area contributed by atoms with Crippen molar-refractivity contribution in [3.05, 3.63) is 0 Å². The third kappa shape index (κ3) is 8.08. The van der Waals surface area contributed by atoms with Crippen LogP contribution in [0.1, 0.15) is 55.4 Å². The van der Waals surface area contributed by atoms with E-state index in [-0.39, 0.29) is 12.1 Å². The van der Waals surface area contributed by atoms with Crippen molar-refractivity contribution < 1.29 is 19.1 Å². The van der Waals surface area contributed by atoms with Crippen LogP contribution < -0.4 is 5.32 Å². The number of carbonyl (C=O) groups excluding carboxylic acids is 2. The van der Waals surface area contributed by atoms with E-state index in [1.54, 1.807) is 9.80 Å². The molecule has 0 aromatic carbocycles. The Kier molecular flexibility index (Phi) is 7.17. The number of hydrogen-bond acceptors (Lipinski definition) is 5. The molecule has 1 aliphatic rings. The molecular formula is C20H35N3O4. The van der Waals surface area contributed by atoms with E-state index in [4.69, 9.17) is 15.9 Å². The van der Waals surface area contributed by atoms with Gasteiger partial charge in [-0.15, -0.1) is 6.42 Å². The highest BCUT2D eigenvalue weighted by atomic mass is 16.6. The topological polar surface area (TPSA) is 71.1 Å². The molecule has 1 atom stereocenters. The number of piperazine rings is 1. The molecule has 154 valence electrons. The molecule has 0 spiro atoms. The summed E-state index contributed by atoms with van der Waals surface area (Å²) >= 11 is 0. The maximum atomic E-state index is 12.6. The van der Waals surface area contributed by atoms with Gasteiger partial charge < -0.3 is 19.3 Å². The Labute approximate surface area is 163 Å². The van der Waals surface area contributed by atoms with Crippen LogP contribution in [0.25, 0.3) is 0 Å². The number of amides is 2. The largest absolute Gasteiger partial charge is 0.444 e. The van der Waals surface area contributed by atoms with Gasteiger partial charge in [0, 0.05) is 26.2 Å². The molecule has 0 bridgehead atoms. The van der Waals surface area contributed by atoms with Gasteiger partial charge in [0.2, 0.25) is 0 Å². The molecule has 0 radical (unpaired) electrons. The van der Waals surface area contributed by atoms with Crippen LogP contribution in [0, 0.1) is 12.3 Å². The highest BCUT2D eigenvalue weighted by Crippen LogP contribution is 2.18. The number of rotatable bonds is 3. The van der Waals surface area contributed by atoms with Crippen molar-refractivity contribution in [1.82, 2.24) is 15.1 Å². The minimum absolute atomic E-state index is 0.270. The van der Waals surface area contributed by atoms with E-state index in [1.807, 2.05) is 55.4 Å². The quantitative estimate of drug-likeness (QED) is 0.761. The molecule has 0 aromatic rings. The average molecular weight is 382 g/mol. The van der Waals surface area contributed by atoms with Crippen molar-refractivity contribution in [2.45, 2.75) is 78.2 Å². The van der Waals surface area contributed by atoms with Crippen molar-refractivity contribution in [2.24, 2.45) is 0 Å². The minimum Gasteiger partial charge on any atom is -0.444 e. The molecule has 1 heterocycles. The van der Waals surface area contributed by atoms with Crippen LogP contribution in [0.15, 0.2) is 0 Å². The van der Waals surface area contributed by atoms with Gasteiger partial charge in [0.15, 0.2) is 0 Å². The van der Waals surface area contributed by atoms with Crippen LogP contribution >= 0.6 is 0 Å². The second kappa shape index (κ2) is 8.39. The van der Waals surface area contributed by atoms with E-state index in [1.165, 1.54) is 0 Å². The van der Waals surface area contributed by atoms with Gasteiger partial charge in [0.25, 0.3) is 0 Å². The summed E-state index contributed by atoms with van der Waals surface area (Å²) in [6.45, 7) is 16.3. The Morgan fingerprint density at radius 1 is 1.00 bits per heavy atom. The Bertz CT molecular complexity index is 582. The molecule has 7 heteroatoms. The third-order valence-electron chi connectivity index (χ3n) is 3.90. The number of nitrogens with zero attached hydrogens (tertiary/aromatic N) is 2. The van der Waals surface area contributed by atoms with Gasteiger partial charge in [-0.05, 0) is 55.4 Å². The fraction of sp³-hybridized carbons (Fsp3) is 0.800. The predicted octanol–water partition coefficient (Wildman–Crippen LogP) is 2.84. The first-order valence-electron chi connectivity index (χ1n) is 9.34. The highest BCUT2D eigenvalue weighted by molar-refractivity contribution is 5.71. The molecule has 1 saturated heterocycles. The van der Waals surface area contributed by atoms with E-state index in [0.29, 0.717) is 26.2 Å². The first kappa shape index (κ1) is 23.1. The molecule has 1 fully saturated rings. The number of terminal acetylenes is 1. The van der Waals surface area contributed by atoms with E-state index in [9.17, 15) is 9.59 Å². The number of hydrogen-bond donors (Lipinski definition) is 1. The molecule has 7 nitrogen and oxygen atoms in total. The molecule has 1 unspecified atom stereocenters. The summed E-state index contributed by atoms with van der Waals surface area (Å²) in [5.41, 5.74) is -1.68. The molecule has 1 N–H and O–H groups in total. The summed E-state index contributed by atoms with van der Waals surface area (Å²) in [5, 5.41) is 3.27. The second-order valence-electron chi connectivity index (χ2n) is 9.40. The van der Waals surface area contributed by atoms with Crippen molar-refractivity contribution >= 4 is 12.2 Å². The van der Waals surface area contributed by atoms with Crippen molar-refractivity contribution in [1.29, 1.82) is 0 Å². The van der Waals surface area contributed by atoms with Crippen LogP contribution in [0.2, 0.25) is 0 Å². The predicted molar refractivity (Wildman–Crippen MR) is 105 cm³/mol. The van der Waals surface area contributed by atoms with Gasteiger partial charge in [0.1, 0.15) is 11.2 Å². The fourth-order valence-corrected chi connectivity index (χ4v) is 2.51. The zero-order chi connectivity index (χ0) is 21.0. The number of nitrogens with one attached hydrogen (secondary N) is 1. The average Bonchev–Trinajstić information content (AvgIpc) is 2.49. The summed E-state index contributed by atoms with van der Waals surface area (Å²) in [6.07, 6.45) is 4.77. The van der Waals surface area contributed by atoms with Crippen LogP contribution in [-0.4, -0.2) is 70.9 Å². The van der Waals surface area contributed by atoms with Crippen LogP contribution in [-0.2, 0) is 9.47 Å². The lowest BCUT2D eigenvalue weighted by Crippen LogP contribution is -2.61. The zero-order valence-electron chi connectivity index (χ0n) is 18.0. The molecule has 1 aliphatic heterocycles. The van der Waals surface area contributed by atoms with Crippen molar-refractivity contribution in [2.75, 3.05) is 26.2 Å². The molecule has 0 aromatic heterocycles. The summed E-state index contributed by atoms with van der Waals surface area (Å²) in [7, 11) is 0. The minimum atomic E-state index is -0.588. The van der Waals surface area contributed by atoms with E-state index >= 15 is 0 Å². The van der Waals surface area contributed by atoms with Gasteiger partial charge >= 0.3 is 12.2 Å². The smallest absolute Gasteiger partial charge is 0.410 e. The fourth-order valence-electron chi connectivity index (χ4n) is 2.51. The van der Waals surface area contributed by atoms with Gasteiger partial charge in [-0.1, -0.05) is 5.92 Å². The van der Waals surface area contributed by atoms with Gasteiger partial charge in [-0.25, -0.2) is 9.59 Å². The first-order valence-corrected chi connectivity index (χ1v) is 9.34. The Morgan fingerprint density at radius 3 is 2.00 bits per heavy atom. The van der Waals surface area contributed by atoms with Gasteiger partial charge in [-0.2, -0.15) is 0 Å². The highest BCUT2D eigenvalue weighted by Gasteiger charge is 2.36. The number of carbonyl (C=O) groups is 2. The van der Waals surface area contributed by atoms with Crippen molar-refractivity contribution in [3.8, 4) is 12.3 Å². The maximum Gasteiger partial charge on any atom is 0.410 e. The molecule has 1 rings (SSSR count). The summed E-state index contributed by atoms with van der Waals surface area (Å²) < 4.78 is 11.0. The van der Waals surface area contributed by atoms with Gasteiger partial charge in [0.05, 0.1) is 11.6 Å². The van der Waals surface area contributed by atoms with Crippen molar-refractivity contribution in [3.63, 3.8) is 0 Å². The number of ether oxygens (including phenoxy) is 2. The molecular weight excluding hydrogens is 346 g/mol. The Hall–Kier alpha value is -1.94. The summed E-state index contributed by atoms with van der Waals surface area (Å²) in [5.74, 6) is 2.68. The lowest BCUT2D eigenvalue weighted by Gasteiger charge is -2.42. The third-order valence-corrected chi connectivity index (χ3v) is 3.90.